The van der Waals surface area contributed by atoms with Gasteiger partial charge in [-0.1, -0.05) is 6.92 Å². The molecule has 0 spiro atoms. The van der Waals surface area contributed by atoms with Crippen molar-refractivity contribution >= 4 is 11.8 Å². The molecule has 1 unspecified atom stereocenters. The highest BCUT2D eigenvalue weighted by Crippen LogP contribution is 2.01. The molecular weight excluding hydrogens is 222 g/mol. The lowest BCUT2D eigenvalue weighted by Gasteiger charge is -2.18. The van der Waals surface area contributed by atoms with Gasteiger partial charge in [0.05, 0.1) is 13.2 Å². The number of nitrogens with two attached hydrogens (primary N) is 1. The van der Waals surface area contributed by atoms with Gasteiger partial charge in [0.1, 0.15) is 0 Å². The van der Waals surface area contributed by atoms with E-state index in [-0.39, 0.29) is 24.3 Å². The van der Waals surface area contributed by atoms with Crippen LogP contribution < -0.4 is 11.1 Å². The van der Waals surface area contributed by atoms with Crippen LogP contribution in [0.25, 0.3) is 0 Å². The van der Waals surface area contributed by atoms with Crippen LogP contribution >= 0.6 is 0 Å². The first-order chi connectivity index (χ1) is 8.01. The van der Waals surface area contributed by atoms with E-state index in [0.717, 1.165) is 0 Å². The number of methoxy groups -OCH3 is 1. The number of rotatable bonds is 8. The molecule has 0 aromatic rings. The molecule has 0 aliphatic heterocycles. The zero-order chi connectivity index (χ0) is 13.3. The number of likely N-dealkylation sites (N-methyl/N-ethyl adjacent to an activating group) is 1. The number of hydrogen-bond acceptors (Lipinski definition) is 4. The molecule has 6 nitrogen and oxygen atoms in total. The largest absolute Gasteiger partial charge is 0.383 e. The van der Waals surface area contributed by atoms with Crippen molar-refractivity contribution in [2.24, 2.45) is 11.7 Å². The van der Waals surface area contributed by atoms with Crippen LogP contribution in [0.4, 0.5) is 0 Å². The highest BCUT2D eigenvalue weighted by atomic mass is 16.5. The second-order valence-electron chi connectivity index (χ2n) is 4.14. The fraction of sp³-hybridized carbons (Fsp3) is 0.818. The highest BCUT2D eigenvalue weighted by Gasteiger charge is 2.14. The number of amides is 2. The first-order valence-corrected chi connectivity index (χ1v) is 5.70. The normalized spacial score (nSPS) is 12.0. The Hall–Kier alpha value is -1.14. The van der Waals surface area contributed by atoms with E-state index in [1.54, 1.807) is 14.2 Å². The monoisotopic (exact) mass is 245 g/mol. The van der Waals surface area contributed by atoms with Gasteiger partial charge in [0.15, 0.2) is 0 Å². The quantitative estimate of drug-likeness (QED) is 0.548. The van der Waals surface area contributed by atoms with E-state index in [2.05, 4.69) is 5.32 Å². The molecular formula is C11H23N3O3. The summed E-state index contributed by atoms with van der Waals surface area (Å²) in [5.41, 5.74) is 5.44. The van der Waals surface area contributed by atoms with Crippen molar-refractivity contribution in [1.82, 2.24) is 10.2 Å². The Morgan fingerprint density at radius 1 is 1.47 bits per heavy atom. The minimum Gasteiger partial charge on any atom is -0.383 e. The third kappa shape index (κ3) is 7.70. The molecule has 0 saturated carbocycles. The van der Waals surface area contributed by atoms with Gasteiger partial charge >= 0.3 is 0 Å². The summed E-state index contributed by atoms with van der Waals surface area (Å²) >= 11 is 0. The van der Waals surface area contributed by atoms with Crippen LogP contribution in [0.1, 0.15) is 13.3 Å². The summed E-state index contributed by atoms with van der Waals surface area (Å²) in [6, 6.07) is 0. The molecule has 0 aromatic carbocycles. The number of ether oxygens (including phenoxy) is 1. The second kappa shape index (κ2) is 8.95. The van der Waals surface area contributed by atoms with Crippen LogP contribution in [0.2, 0.25) is 0 Å². The number of hydrogen-bond donors (Lipinski definition) is 2. The number of nitrogens with one attached hydrogen (secondary N) is 1. The molecule has 3 N–H and O–H groups in total. The van der Waals surface area contributed by atoms with Crippen LogP contribution in [0.5, 0.6) is 0 Å². The van der Waals surface area contributed by atoms with E-state index in [4.69, 9.17) is 10.5 Å². The van der Waals surface area contributed by atoms with E-state index >= 15 is 0 Å². The van der Waals surface area contributed by atoms with Crippen LogP contribution in [0.15, 0.2) is 0 Å². The Balaban J connectivity index is 3.86. The van der Waals surface area contributed by atoms with Crippen LogP contribution in [-0.4, -0.2) is 57.1 Å². The summed E-state index contributed by atoms with van der Waals surface area (Å²) in [4.78, 5) is 24.5. The summed E-state index contributed by atoms with van der Waals surface area (Å²) in [6.45, 7) is 3.37. The van der Waals surface area contributed by atoms with Gasteiger partial charge in [0.25, 0.3) is 0 Å². The molecule has 0 rings (SSSR count). The third-order valence-corrected chi connectivity index (χ3v) is 2.36. The molecule has 0 heterocycles. The number of nitrogens with zero attached hydrogens (tertiary/aromatic N) is 1. The van der Waals surface area contributed by atoms with Crippen molar-refractivity contribution in [2.75, 3.05) is 40.4 Å². The summed E-state index contributed by atoms with van der Waals surface area (Å²) in [5, 5.41) is 2.65. The van der Waals surface area contributed by atoms with Crippen LogP contribution in [-0.2, 0) is 14.3 Å². The molecule has 0 aliphatic carbocycles. The minimum atomic E-state index is -0.182. The summed E-state index contributed by atoms with van der Waals surface area (Å²) < 4.78 is 4.80. The topological polar surface area (TPSA) is 84.7 Å². The lowest BCUT2D eigenvalue weighted by atomic mass is 10.1. The van der Waals surface area contributed by atoms with Crippen molar-refractivity contribution in [1.29, 1.82) is 0 Å². The smallest absolute Gasteiger partial charge is 0.239 e. The summed E-state index contributed by atoms with van der Waals surface area (Å²) in [5.74, 6) is -0.107. The van der Waals surface area contributed by atoms with Crippen LogP contribution in [0, 0.1) is 5.92 Å². The molecule has 17 heavy (non-hydrogen) atoms. The van der Waals surface area contributed by atoms with Gasteiger partial charge in [0, 0.05) is 27.1 Å². The molecule has 0 radical (unpaired) electrons. The summed E-state index contributed by atoms with van der Waals surface area (Å²) in [7, 11) is 3.18. The Labute approximate surface area is 102 Å². The minimum absolute atomic E-state index is 0.0650. The average Bonchev–Trinajstić information content (AvgIpc) is 2.28. The van der Waals surface area contributed by atoms with Crippen molar-refractivity contribution in [3.63, 3.8) is 0 Å². The Kier molecular flexibility index (Phi) is 8.35. The van der Waals surface area contributed by atoms with Gasteiger partial charge in [-0.3, -0.25) is 9.59 Å². The first-order valence-electron chi connectivity index (χ1n) is 5.70. The van der Waals surface area contributed by atoms with E-state index in [9.17, 15) is 9.59 Å². The third-order valence-electron chi connectivity index (χ3n) is 2.36. The molecule has 0 saturated heterocycles. The highest BCUT2D eigenvalue weighted by molar-refractivity contribution is 5.84. The van der Waals surface area contributed by atoms with E-state index < -0.39 is 0 Å². The molecule has 0 aliphatic rings. The molecule has 100 valence electrons. The lowest BCUT2D eigenvalue weighted by molar-refractivity contribution is -0.135. The predicted octanol–water partition coefficient (Wildman–Crippen LogP) is -0.808. The Bertz CT molecular complexity index is 246. The molecule has 0 bridgehead atoms. The van der Waals surface area contributed by atoms with Gasteiger partial charge in [-0.25, -0.2) is 0 Å². The first kappa shape index (κ1) is 15.9. The zero-order valence-electron chi connectivity index (χ0n) is 10.9. The molecule has 0 aromatic heterocycles. The molecule has 0 fully saturated rings. The number of carbonyl (C=O) groups excluding carboxylic acids is 2. The fourth-order valence-corrected chi connectivity index (χ4v) is 1.19. The van der Waals surface area contributed by atoms with E-state index in [1.807, 2.05) is 6.92 Å². The van der Waals surface area contributed by atoms with Gasteiger partial charge in [-0.05, 0) is 12.5 Å². The standard InChI is InChI=1S/C11H23N3O3/c1-9(7-12)6-11(16)14(2)8-10(15)13-4-5-17-3/h9H,4-8,12H2,1-3H3,(H,13,15). The maximum atomic E-state index is 11.6. The second-order valence-corrected chi connectivity index (χ2v) is 4.14. The zero-order valence-corrected chi connectivity index (χ0v) is 10.9. The van der Waals surface area contributed by atoms with Crippen molar-refractivity contribution in [2.45, 2.75) is 13.3 Å². The van der Waals surface area contributed by atoms with E-state index in [1.165, 1.54) is 4.90 Å². The Morgan fingerprint density at radius 2 is 2.12 bits per heavy atom. The fourth-order valence-electron chi connectivity index (χ4n) is 1.19. The van der Waals surface area contributed by atoms with Crippen molar-refractivity contribution in [3.8, 4) is 0 Å². The van der Waals surface area contributed by atoms with Gasteiger partial charge < -0.3 is 20.7 Å². The molecule has 6 heteroatoms. The average molecular weight is 245 g/mol. The Morgan fingerprint density at radius 3 is 2.65 bits per heavy atom. The maximum absolute atomic E-state index is 11.6. The van der Waals surface area contributed by atoms with E-state index in [0.29, 0.717) is 26.1 Å². The van der Waals surface area contributed by atoms with Gasteiger partial charge in [0.2, 0.25) is 11.8 Å². The van der Waals surface area contributed by atoms with Crippen LogP contribution in [0.3, 0.4) is 0 Å². The van der Waals surface area contributed by atoms with Gasteiger partial charge in [-0.15, -0.1) is 0 Å². The van der Waals surface area contributed by atoms with Gasteiger partial charge in [-0.2, -0.15) is 0 Å². The SMILES string of the molecule is COCCNC(=O)CN(C)C(=O)CC(C)CN. The predicted molar refractivity (Wildman–Crippen MR) is 65.4 cm³/mol. The number of carbonyl (C=O) groups is 2. The molecule has 1 atom stereocenters. The van der Waals surface area contributed by atoms with Crippen molar-refractivity contribution in [3.05, 3.63) is 0 Å². The summed E-state index contributed by atoms with van der Waals surface area (Å²) in [6.07, 6.45) is 0.373. The maximum Gasteiger partial charge on any atom is 0.239 e. The lowest BCUT2D eigenvalue weighted by Crippen LogP contribution is -2.40. The van der Waals surface area contributed by atoms with Crippen molar-refractivity contribution < 1.29 is 14.3 Å². The molecule has 2 amide bonds.